The maximum atomic E-state index is 2.29. The summed E-state index contributed by atoms with van der Waals surface area (Å²) in [5.41, 5.74) is 1.46. The second kappa shape index (κ2) is 4.52. The van der Waals surface area contributed by atoms with Gasteiger partial charge in [0.1, 0.15) is 0 Å². The van der Waals surface area contributed by atoms with Crippen LogP contribution in [0.3, 0.4) is 0 Å². The molecular formula is C13H14S. The molecule has 1 heteroatoms. The zero-order chi connectivity index (χ0) is 9.80. The van der Waals surface area contributed by atoms with Gasteiger partial charge in [0.2, 0.25) is 0 Å². The van der Waals surface area contributed by atoms with Gasteiger partial charge in [0.25, 0.3) is 0 Å². The van der Waals surface area contributed by atoms with Gasteiger partial charge in [-0.25, -0.2) is 0 Å². The highest BCUT2D eigenvalue weighted by molar-refractivity contribution is 7.98. The van der Waals surface area contributed by atoms with Crippen LogP contribution in [0.2, 0.25) is 0 Å². The van der Waals surface area contributed by atoms with Gasteiger partial charge in [0.15, 0.2) is 0 Å². The van der Waals surface area contributed by atoms with Crippen LogP contribution in [0.1, 0.15) is 17.9 Å². The Morgan fingerprint density at radius 2 is 2.07 bits per heavy atom. The first-order valence-corrected chi connectivity index (χ1v) is 6.10. The Morgan fingerprint density at radius 3 is 2.79 bits per heavy atom. The maximum Gasteiger partial charge on any atom is 0.0107 e. The molecule has 0 saturated carbocycles. The zero-order valence-electron chi connectivity index (χ0n) is 8.31. The lowest BCUT2D eigenvalue weighted by Crippen LogP contribution is -1.97. The van der Waals surface area contributed by atoms with E-state index in [9.17, 15) is 0 Å². The molecule has 1 unspecified atom stereocenters. The molecule has 0 amide bonds. The second-order valence-corrected chi connectivity index (χ2v) is 4.25. The molecule has 2 rings (SSSR count). The highest BCUT2D eigenvalue weighted by Crippen LogP contribution is 2.31. The Bertz CT molecular complexity index is 363. The molecule has 14 heavy (non-hydrogen) atoms. The van der Waals surface area contributed by atoms with E-state index in [1.165, 1.54) is 10.5 Å². The average Bonchev–Trinajstić information content (AvgIpc) is 2.30. The van der Waals surface area contributed by atoms with E-state index < -0.39 is 0 Å². The molecule has 0 fully saturated rings. The van der Waals surface area contributed by atoms with Crippen molar-refractivity contribution in [2.24, 2.45) is 0 Å². The number of allylic oxidation sites excluding steroid dienone is 4. The fraction of sp³-hybridized carbons (Fsp3) is 0.231. The van der Waals surface area contributed by atoms with Gasteiger partial charge in [-0.2, -0.15) is 0 Å². The van der Waals surface area contributed by atoms with E-state index in [4.69, 9.17) is 0 Å². The van der Waals surface area contributed by atoms with E-state index in [-0.39, 0.29) is 0 Å². The summed E-state index contributed by atoms with van der Waals surface area (Å²) in [7, 11) is 0. The molecule has 1 atom stereocenters. The van der Waals surface area contributed by atoms with Gasteiger partial charge in [-0.3, -0.25) is 0 Å². The molecule has 0 radical (unpaired) electrons. The van der Waals surface area contributed by atoms with E-state index in [0.717, 1.165) is 6.42 Å². The highest BCUT2D eigenvalue weighted by atomic mass is 32.2. The van der Waals surface area contributed by atoms with Gasteiger partial charge in [-0.1, -0.05) is 42.5 Å². The standard InChI is InChI=1S/C13H14S/c1-14-13-10-6-5-9-12(13)11-7-3-2-4-8-11/h2-7,9-11H,8H2,1H3. The Balaban J connectivity index is 2.31. The molecule has 0 heterocycles. The molecule has 0 spiro atoms. The van der Waals surface area contributed by atoms with Crippen LogP contribution < -0.4 is 0 Å². The SMILES string of the molecule is CSc1ccccc1C1C=CC=CC1. The minimum Gasteiger partial charge on any atom is -0.129 e. The lowest BCUT2D eigenvalue weighted by atomic mass is 9.93. The van der Waals surface area contributed by atoms with Crippen LogP contribution in [-0.2, 0) is 0 Å². The Morgan fingerprint density at radius 1 is 1.21 bits per heavy atom. The summed E-state index contributed by atoms with van der Waals surface area (Å²) in [6.45, 7) is 0. The second-order valence-electron chi connectivity index (χ2n) is 3.40. The van der Waals surface area contributed by atoms with Gasteiger partial charge >= 0.3 is 0 Å². The highest BCUT2D eigenvalue weighted by Gasteiger charge is 2.11. The monoisotopic (exact) mass is 202 g/mol. The normalized spacial score (nSPS) is 19.9. The topological polar surface area (TPSA) is 0 Å². The summed E-state index contributed by atoms with van der Waals surface area (Å²) in [5.74, 6) is 0.573. The number of rotatable bonds is 2. The summed E-state index contributed by atoms with van der Waals surface area (Å²) in [6.07, 6.45) is 12.1. The van der Waals surface area contributed by atoms with Crippen LogP contribution >= 0.6 is 11.8 Å². The summed E-state index contributed by atoms with van der Waals surface area (Å²) < 4.78 is 0. The number of benzene rings is 1. The third-order valence-corrected chi connectivity index (χ3v) is 3.33. The van der Waals surface area contributed by atoms with Crippen molar-refractivity contribution in [1.82, 2.24) is 0 Å². The van der Waals surface area contributed by atoms with Crippen molar-refractivity contribution >= 4 is 11.8 Å². The average molecular weight is 202 g/mol. The van der Waals surface area contributed by atoms with Crippen molar-refractivity contribution in [3.63, 3.8) is 0 Å². The molecule has 72 valence electrons. The molecule has 1 aliphatic rings. The minimum atomic E-state index is 0.573. The number of hydrogen-bond acceptors (Lipinski definition) is 1. The predicted octanol–water partition coefficient (Wildman–Crippen LogP) is 4.01. The Hall–Kier alpha value is -0.950. The summed E-state index contributed by atoms with van der Waals surface area (Å²) in [5, 5.41) is 0. The van der Waals surface area contributed by atoms with E-state index in [1.807, 2.05) is 11.8 Å². The molecule has 0 bridgehead atoms. The first-order valence-electron chi connectivity index (χ1n) is 4.88. The van der Waals surface area contributed by atoms with Crippen LogP contribution in [0.4, 0.5) is 0 Å². The third kappa shape index (κ3) is 1.93. The fourth-order valence-corrected chi connectivity index (χ4v) is 2.45. The molecule has 0 nitrogen and oxygen atoms in total. The van der Waals surface area contributed by atoms with Gasteiger partial charge < -0.3 is 0 Å². The minimum absolute atomic E-state index is 0.573. The van der Waals surface area contributed by atoms with Gasteiger partial charge in [-0.15, -0.1) is 11.8 Å². The van der Waals surface area contributed by atoms with Crippen LogP contribution in [-0.4, -0.2) is 6.26 Å². The lowest BCUT2D eigenvalue weighted by molar-refractivity contribution is 0.833. The summed E-state index contributed by atoms with van der Waals surface area (Å²) >= 11 is 1.83. The molecule has 0 aliphatic heterocycles. The van der Waals surface area contributed by atoms with E-state index >= 15 is 0 Å². The maximum absolute atomic E-state index is 2.29. The zero-order valence-corrected chi connectivity index (χ0v) is 9.13. The van der Waals surface area contributed by atoms with Crippen LogP contribution in [0, 0.1) is 0 Å². The van der Waals surface area contributed by atoms with E-state index in [0.29, 0.717) is 5.92 Å². The van der Waals surface area contributed by atoms with Gasteiger partial charge in [-0.05, 0) is 24.3 Å². The molecule has 1 aromatic rings. The van der Waals surface area contributed by atoms with E-state index in [1.54, 1.807) is 0 Å². The third-order valence-electron chi connectivity index (χ3n) is 2.52. The molecule has 1 aliphatic carbocycles. The summed E-state index contributed by atoms with van der Waals surface area (Å²) in [6, 6.07) is 8.67. The first-order chi connectivity index (χ1) is 6.92. The van der Waals surface area contributed by atoms with Gasteiger partial charge in [0.05, 0.1) is 0 Å². The van der Waals surface area contributed by atoms with Gasteiger partial charge in [0, 0.05) is 10.8 Å². The molecule has 1 aromatic carbocycles. The molecule has 0 N–H and O–H groups in total. The Labute approximate surface area is 89.7 Å². The van der Waals surface area contributed by atoms with Crippen LogP contribution in [0.5, 0.6) is 0 Å². The van der Waals surface area contributed by atoms with Crippen molar-refractivity contribution in [3.05, 3.63) is 54.1 Å². The molecule has 0 saturated heterocycles. The number of hydrogen-bond donors (Lipinski definition) is 0. The Kier molecular flexibility index (Phi) is 3.10. The lowest BCUT2D eigenvalue weighted by Gasteiger charge is -2.16. The first kappa shape index (κ1) is 9.60. The van der Waals surface area contributed by atoms with Crippen molar-refractivity contribution in [2.75, 3.05) is 6.26 Å². The van der Waals surface area contributed by atoms with E-state index in [2.05, 4.69) is 54.8 Å². The molecule has 0 aromatic heterocycles. The summed E-state index contributed by atoms with van der Waals surface area (Å²) in [4.78, 5) is 1.40. The fourth-order valence-electron chi connectivity index (χ4n) is 1.78. The van der Waals surface area contributed by atoms with Crippen molar-refractivity contribution in [3.8, 4) is 0 Å². The van der Waals surface area contributed by atoms with Crippen molar-refractivity contribution < 1.29 is 0 Å². The van der Waals surface area contributed by atoms with Crippen molar-refractivity contribution in [2.45, 2.75) is 17.2 Å². The van der Waals surface area contributed by atoms with Crippen LogP contribution in [0.25, 0.3) is 0 Å². The molecular weight excluding hydrogens is 188 g/mol. The quantitative estimate of drug-likeness (QED) is 0.653. The van der Waals surface area contributed by atoms with Crippen LogP contribution in [0.15, 0.2) is 53.5 Å². The van der Waals surface area contributed by atoms with Crippen molar-refractivity contribution in [1.29, 1.82) is 0 Å². The largest absolute Gasteiger partial charge is 0.129 e. The number of thioether (sulfide) groups is 1. The smallest absolute Gasteiger partial charge is 0.0107 e. The predicted molar refractivity (Wildman–Crippen MR) is 63.9 cm³/mol.